The summed E-state index contributed by atoms with van der Waals surface area (Å²) in [5.41, 5.74) is 2.81. The minimum Gasteiger partial charge on any atom is -0.479 e. The largest absolute Gasteiger partial charge is 0.479 e. The van der Waals surface area contributed by atoms with E-state index < -0.39 is 6.10 Å². The monoisotopic (exact) mass is 253 g/mol. The Morgan fingerprint density at radius 2 is 1.89 bits per heavy atom. The zero-order valence-electron chi connectivity index (χ0n) is 11.0. The summed E-state index contributed by atoms with van der Waals surface area (Å²) in [6.07, 6.45) is -0.463. The molecule has 0 aliphatic carbocycles. The first-order valence-electron chi connectivity index (χ1n) is 6.33. The second-order valence-electron chi connectivity index (χ2n) is 4.74. The maximum absolute atomic E-state index is 12.4. The van der Waals surface area contributed by atoms with Crippen LogP contribution in [0.2, 0.25) is 0 Å². The number of nitrogens with zero attached hydrogens (tertiary/aromatic N) is 1. The van der Waals surface area contributed by atoms with Crippen LogP contribution >= 0.6 is 0 Å². The molecule has 0 fully saturated rings. The van der Waals surface area contributed by atoms with Crippen LogP contribution in [-0.4, -0.2) is 12.0 Å². The molecule has 1 unspecified atom stereocenters. The van der Waals surface area contributed by atoms with Crippen LogP contribution in [0.5, 0.6) is 5.75 Å². The van der Waals surface area contributed by atoms with Gasteiger partial charge in [0.25, 0.3) is 5.91 Å². The number of anilines is 2. The molecule has 0 aromatic heterocycles. The Morgan fingerprint density at radius 3 is 2.68 bits per heavy atom. The second kappa shape index (κ2) is 4.43. The highest BCUT2D eigenvalue weighted by Crippen LogP contribution is 2.38. The van der Waals surface area contributed by atoms with E-state index >= 15 is 0 Å². The number of amides is 1. The molecule has 3 heteroatoms. The van der Waals surface area contributed by atoms with Crippen molar-refractivity contribution in [2.75, 3.05) is 4.90 Å². The molecule has 1 atom stereocenters. The first-order chi connectivity index (χ1) is 9.16. The van der Waals surface area contributed by atoms with Crippen LogP contribution in [0.3, 0.4) is 0 Å². The third-order valence-corrected chi connectivity index (χ3v) is 3.24. The van der Waals surface area contributed by atoms with Crippen molar-refractivity contribution in [3.05, 3.63) is 54.1 Å². The van der Waals surface area contributed by atoms with Gasteiger partial charge in [0.1, 0.15) is 5.75 Å². The fourth-order valence-electron chi connectivity index (χ4n) is 2.32. The van der Waals surface area contributed by atoms with Crippen molar-refractivity contribution in [2.24, 2.45) is 0 Å². The number of ether oxygens (including phenoxy) is 1. The number of aryl methyl sites for hydroxylation is 1. The highest BCUT2D eigenvalue weighted by molar-refractivity contribution is 6.05. The summed E-state index contributed by atoms with van der Waals surface area (Å²) in [7, 11) is 0. The van der Waals surface area contributed by atoms with E-state index in [-0.39, 0.29) is 5.91 Å². The van der Waals surface area contributed by atoms with Crippen molar-refractivity contribution in [1.29, 1.82) is 0 Å². The van der Waals surface area contributed by atoms with Crippen LogP contribution in [0.25, 0.3) is 0 Å². The lowest BCUT2D eigenvalue weighted by atomic mass is 10.1. The third kappa shape index (κ3) is 1.97. The average molecular weight is 253 g/mol. The second-order valence-corrected chi connectivity index (χ2v) is 4.74. The minimum atomic E-state index is -0.463. The summed E-state index contributed by atoms with van der Waals surface area (Å²) in [4.78, 5) is 14.1. The van der Waals surface area contributed by atoms with Gasteiger partial charge in [0.2, 0.25) is 0 Å². The van der Waals surface area contributed by atoms with E-state index in [4.69, 9.17) is 4.74 Å². The van der Waals surface area contributed by atoms with Gasteiger partial charge in [0.05, 0.1) is 5.69 Å². The predicted molar refractivity (Wildman–Crippen MR) is 74.9 cm³/mol. The van der Waals surface area contributed by atoms with Gasteiger partial charge in [-0.3, -0.25) is 9.69 Å². The summed E-state index contributed by atoms with van der Waals surface area (Å²) in [5, 5.41) is 0. The fraction of sp³-hybridized carbons (Fsp3) is 0.188. The first kappa shape index (κ1) is 11.8. The highest BCUT2D eigenvalue weighted by Gasteiger charge is 2.32. The molecule has 1 amide bonds. The predicted octanol–water partition coefficient (Wildman–Crippen LogP) is 3.44. The van der Waals surface area contributed by atoms with Gasteiger partial charge in [-0.25, -0.2) is 0 Å². The Labute approximate surface area is 112 Å². The third-order valence-electron chi connectivity index (χ3n) is 3.24. The van der Waals surface area contributed by atoms with Crippen LogP contribution in [0.4, 0.5) is 11.4 Å². The Bertz CT molecular complexity index is 636. The molecule has 0 radical (unpaired) electrons. The zero-order chi connectivity index (χ0) is 13.4. The number of fused-ring (bicyclic) bond motifs is 1. The van der Waals surface area contributed by atoms with E-state index in [0.29, 0.717) is 0 Å². The van der Waals surface area contributed by atoms with Crippen molar-refractivity contribution in [3.63, 3.8) is 0 Å². The summed E-state index contributed by atoms with van der Waals surface area (Å²) >= 11 is 0. The lowest BCUT2D eigenvalue weighted by Gasteiger charge is -2.33. The summed E-state index contributed by atoms with van der Waals surface area (Å²) in [6, 6.07) is 15.5. The quantitative estimate of drug-likeness (QED) is 0.779. The van der Waals surface area contributed by atoms with Gasteiger partial charge in [-0.05, 0) is 43.7 Å². The van der Waals surface area contributed by atoms with Crippen molar-refractivity contribution in [2.45, 2.75) is 20.0 Å². The Balaban J connectivity index is 2.16. The number of hydrogen-bond acceptors (Lipinski definition) is 2. The molecule has 0 spiro atoms. The maximum Gasteiger partial charge on any atom is 0.272 e. The topological polar surface area (TPSA) is 29.5 Å². The van der Waals surface area contributed by atoms with Gasteiger partial charge in [0, 0.05) is 5.69 Å². The van der Waals surface area contributed by atoms with Crippen LogP contribution in [0.1, 0.15) is 12.5 Å². The van der Waals surface area contributed by atoms with E-state index in [1.165, 1.54) is 0 Å². The normalized spacial score (nSPS) is 17.9. The van der Waals surface area contributed by atoms with Gasteiger partial charge in [-0.2, -0.15) is 0 Å². The zero-order valence-corrected chi connectivity index (χ0v) is 11.0. The molecule has 1 aliphatic heterocycles. The van der Waals surface area contributed by atoms with E-state index in [1.54, 1.807) is 11.8 Å². The van der Waals surface area contributed by atoms with Crippen LogP contribution in [0.15, 0.2) is 48.5 Å². The van der Waals surface area contributed by atoms with Crippen molar-refractivity contribution >= 4 is 17.3 Å². The van der Waals surface area contributed by atoms with Gasteiger partial charge in [-0.15, -0.1) is 0 Å². The number of hydrogen-bond donors (Lipinski definition) is 0. The Kier molecular flexibility index (Phi) is 2.75. The molecular weight excluding hydrogens is 238 g/mol. The molecule has 19 heavy (non-hydrogen) atoms. The molecule has 2 aromatic carbocycles. The molecule has 0 saturated heterocycles. The van der Waals surface area contributed by atoms with Gasteiger partial charge >= 0.3 is 0 Å². The SMILES string of the molecule is Cc1cccc(N2C(=O)C(C)Oc3ccccc32)c1. The molecule has 1 aliphatic rings. The molecule has 0 saturated carbocycles. The van der Waals surface area contributed by atoms with Crippen molar-refractivity contribution < 1.29 is 9.53 Å². The molecule has 96 valence electrons. The number of rotatable bonds is 1. The smallest absolute Gasteiger partial charge is 0.272 e. The number of para-hydroxylation sites is 2. The average Bonchev–Trinajstić information content (AvgIpc) is 2.40. The molecular formula is C16H15NO2. The van der Waals surface area contributed by atoms with E-state index in [9.17, 15) is 4.79 Å². The lowest BCUT2D eigenvalue weighted by molar-refractivity contribution is -0.124. The van der Waals surface area contributed by atoms with E-state index in [2.05, 4.69) is 0 Å². The summed E-state index contributed by atoms with van der Waals surface area (Å²) in [5.74, 6) is 0.709. The minimum absolute atomic E-state index is 0.0377. The first-order valence-corrected chi connectivity index (χ1v) is 6.33. The van der Waals surface area contributed by atoms with Gasteiger partial charge < -0.3 is 4.74 Å². The Hall–Kier alpha value is -2.29. The van der Waals surface area contributed by atoms with E-state index in [1.807, 2.05) is 55.5 Å². The lowest BCUT2D eigenvalue weighted by Crippen LogP contribution is -2.41. The fourth-order valence-corrected chi connectivity index (χ4v) is 2.32. The maximum atomic E-state index is 12.4. The molecule has 1 heterocycles. The van der Waals surface area contributed by atoms with Crippen LogP contribution in [-0.2, 0) is 4.79 Å². The van der Waals surface area contributed by atoms with Gasteiger partial charge in [-0.1, -0.05) is 24.3 Å². The van der Waals surface area contributed by atoms with Crippen LogP contribution in [0, 0.1) is 6.92 Å². The summed E-state index contributed by atoms with van der Waals surface area (Å²) < 4.78 is 5.63. The number of carbonyl (C=O) groups is 1. The van der Waals surface area contributed by atoms with E-state index in [0.717, 1.165) is 22.7 Å². The molecule has 0 bridgehead atoms. The Morgan fingerprint density at radius 1 is 1.11 bits per heavy atom. The number of carbonyl (C=O) groups excluding carboxylic acids is 1. The molecule has 3 nitrogen and oxygen atoms in total. The molecule has 0 N–H and O–H groups in total. The van der Waals surface area contributed by atoms with Crippen molar-refractivity contribution in [3.8, 4) is 5.75 Å². The van der Waals surface area contributed by atoms with Crippen molar-refractivity contribution in [1.82, 2.24) is 0 Å². The van der Waals surface area contributed by atoms with Gasteiger partial charge in [0.15, 0.2) is 6.10 Å². The molecule has 2 aromatic rings. The summed E-state index contributed by atoms with van der Waals surface area (Å²) in [6.45, 7) is 3.80. The molecule has 3 rings (SSSR count). The van der Waals surface area contributed by atoms with Crippen LogP contribution < -0.4 is 9.64 Å². The standard InChI is InChI=1S/C16H15NO2/c1-11-6-5-7-13(10-11)17-14-8-3-4-9-15(14)19-12(2)16(17)18/h3-10,12H,1-2H3. The highest BCUT2D eigenvalue weighted by atomic mass is 16.5. The number of benzene rings is 2.